The Balaban J connectivity index is 1.68. The lowest BCUT2D eigenvalue weighted by molar-refractivity contribution is -0.402. The first-order valence-electron chi connectivity index (χ1n) is 6.68. The van der Waals surface area contributed by atoms with Crippen LogP contribution in [0.4, 0.5) is 24.2 Å². The van der Waals surface area contributed by atoms with Crippen molar-refractivity contribution < 1.29 is 32.0 Å². The Morgan fingerprint density at radius 2 is 2.08 bits per heavy atom. The van der Waals surface area contributed by atoms with Gasteiger partial charge >= 0.3 is 18.2 Å². The minimum absolute atomic E-state index is 0.179. The fourth-order valence-electron chi connectivity index (χ4n) is 1.88. The van der Waals surface area contributed by atoms with Crippen molar-refractivity contribution in [3.63, 3.8) is 0 Å². The summed E-state index contributed by atoms with van der Waals surface area (Å²) in [5.41, 5.74) is 5.05. The molecule has 13 heteroatoms. The van der Waals surface area contributed by atoms with Gasteiger partial charge in [0.2, 0.25) is 10.9 Å². The summed E-state index contributed by atoms with van der Waals surface area (Å²) in [5.74, 6) is -2.08. The molecule has 0 atom stereocenters. The second-order valence-electron chi connectivity index (χ2n) is 4.67. The molecule has 1 aromatic carbocycles. The first kappa shape index (κ1) is 17.5. The molecule has 2 aromatic heterocycles. The van der Waals surface area contributed by atoms with Crippen molar-refractivity contribution in [1.82, 2.24) is 10.4 Å². The molecule has 0 spiro atoms. The third-order valence-electron chi connectivity index (χ3n) is 2.87. The van der Waals surface area contributed by atoms with Crippen LogP contribution in [0.15, 0.2) is 34.7 Å². The minimum Gasteiger partial charge on any atom is -0.406 e. The molecule has 0 aliphatic rings. The number of halogens is 3. The SMILES string of the molecule is O=C(NNc1nc2ccc(OC(F)(F)F)cc2s1)c1ccc([N+](=O)[O-])o1. The van der Waals surface area contributed by atoms with Gasteiger partial charge in [-0.05, 0) is 18.2 Å². The summed E-state index contributed by atoms with van der Waals surface area (Å²) in [6.45, 7) is 0. The van der Waals surface area contributed by atoms with Crippen LogP contribution in [0.1, 0.15) is 10.6 Å². The molecule has 9 nitrogen and oxygen atoms in total. The number of carbonyl (C=O) groups excluding carboxylic acids is 1. The highest BCUT2D eigenvalue weighted by Gasteiger charge is 2.31. The average molecular weight is 388 g/mol. The Kier molecular flexibility index (Phi) is 4.38. The summed E-state index contributed by atoms with van der Waals surface area (Å²) >= 11 is 0.962. The lowest BCUT2D eigenvalue weighted by Gasteiger charge is -2.07. The molecule has 0 fully saturated rings. The number of benzene rings is 1. The van der Waals surface area contributed by atoms with Gasteiger partial charge in [-0.15, -0.1) is 13.2 Å². The predicted molar refractivity (Wildman–Crippen MR) is 82.8 cm³/mol. The molecule has 2 N–H and O–H groups in total. The molecule has 0 aliphatic carbocycles. The molecule has 0 saturated carbocycles. The van der Waals surface area contributed by atoms with Crippen LogP contribution in [0.25, 0.3) is 10.2 Å². The van der Waals surface area contributed by atoms with E-state index in [1.807, 2.05) is 0 Å². The summed E-state index contributed by atoms with van der Waals surface area (Å²) in [5, 5.41) is 10.7. The number of hydrogen-bond acceptors (Lipinski definition) is 8. The highest BCUT2D eigenvalue weighted by molar-refractivity contribution is 7.22. The van der Waals surface area contributed by atoms with Gasteiger partial charge in [0.15, 0.2) is 0 Å². The summed E-state index contributed by atoms with van der Waals surface area (Å²) in [6, 6.07) is 5.74. The van der Waals surface area contributed by atoms with Crippen molar-refractivity contribution >= 4 is 38.5 Å². The van der Waals surface area contributed by atoms with Gasteiger partial charge in [-0.1, -0.05) is 11.3 Å². The molecule has 2 heterocycles. The molecule has 1 amide bonds. The van der Waals surface area contributed by atoms with Crippen LogP contribution < -0.4 is 15.6 Å². The van der Waals surface area contributed by atoms with Gasteiger partial charge in [-0.3, -0.25) is 25.8 Å². The van der Waals surface area contributed by atoms with Crippen LogP contribution in [0.3, 0.4) is 0 Å². The number of carbonyl (C=O) groups is 1. The highest BCUT2D eigenvalue weighted by Crippen LogP contribution is 2.31. The normalized spacial score (nSPS) is 11.3. The number of anilines is 1. The molecule has 3 rings (SSSR count). The van der Waals surface area contributed by atoms with E-state index >= 15 is 0 Å². The number of ether oxygens (including phenoxy) is 1. The van der Waals surface area contributed by atoms with E-state index in [1.54, 1.807) is 0 Å². The Morgan fingerprint density at radius 3 is 2.73 bits per heavy atom. The number of hydrogen-bond donors (Lipinski definition) is 2. The molecule has 0 radical (unpaired) electrons. The number of rotatable bonds is 5. The second-order valence-corrected chi connectivity index (χ2v) is 5.70. The van der Waals surface area contributed by atoms with Gasteiger partial charge in [-0.2, -0.15) is 0 Å². The maximum Gasteiger partial charge on any atom is 0.573 e. The zero-order valence-corrected chi connectivity index (χ0v) is 13.2. The quantitative estimate of drug-likeness (QED) is 0.507. The predicted octanol–water partition coefficient (Wildman–Crippen LogP) is 3.45. The lowest BCUT2D eigenvalue weighted by atomic mass is 10.3. The van der Waals surface area contributed by atoms with Crippen LogP contribution in [0.2, 0.25) is 0 Å². The number of amides is 1. The summed E-state index contributed by atoms with van der Waals surface area (Å²) in [4.78, 5) is 25.6. The monoisotopic (exact) mass is 388 g/mol. The fourth-order valence-corrected chi connectivity index (χ4v) is 2.72. The van der Waals surface area contributed by atoms with Crippen LogP contribution in [-0.4, -0.2) is 22.2 Å². The number of furan rings is 1. The molecule has 136 valence electrons. The van der Waals surface area contributed by atoms with E-state index in [4.69, 9.17) is 4.42 Å². The molecular formula is C13H7F3N4O5S. The molecule has 3 aromatic rings. The van der Waals surface area contributed by atoms with Crippen molar-refractivity contribution in [2.45, 2.75) is 6.36 Å². The van der Waals surface area contributed by atoms with Crippen molar-refractivity contribution in [2.24, 2.45) is 0 Å². The number of nitro groups is 1. The molecule has 0 saturated heterocycles. The zero-order chi connectivity index (χ0) is 18.9. The number of hydrazine groups is 1. The number of nitrogens with one attached hydrogen (secondary N) is 2. The average Bonchev–Trinajstić information content (AvgIpc) is 3.17. The van der Waals surface area contributed by atoms with Crippen LogP contribution >= 0.6 is 11.3 Å². The third kappa shape index (κ3) is 4.00. The summed E-state index contributed by atoms with van der Waals surface area (Å²) in [7, 11) is 0. The first-order valence-corrected chi connectivity index (χ1v) is 7.50. The number of alkyl halides is 3. The maximum absolute atomic E-state index is 12.2. The molecule has 26 heavy (non-hydrogen) atoms. The fraction of sp³-hybridized carbons (Fsp3) is 0.0769. The van der Waals surface area contributed by atoms with Gasteiger partial charge in [0.05, 0.1) is 16.3 Å². The Morgan fingerprint density at radius 1 is 1.31 bits per heavy atom. The molecule has 0 unspecified atom stereocenters. The molecule has 0 aliphatic heterocycles. The van der Waals surface area contributed by atoms with Crippen LogP contribution in [0.5, 0.6) is 5.75 Å². The zero-order valence-electron chi connectivity index (χ0n) is 12.4. The first-order chi connectivity index (χ1) is 12.2. The van der Waals surface area contributed by atoms with Crippen molar-refractivity contribution in [2.75, 3.05) is 5.43 Å². The number of nitrogens with zero attached hydrogens (tertiary/aromatic N) is 2. The van der Waals surface area contributed by atoms with Gasteiger partial charge in [0.1, 0.15) is 10.7 Å². The topological polar surface area (TPSA) is 120 Å². The number of fused-ring (bicyclic) bond motifs is 1. The second kappa shape index (κ2) is 6.51. The highest BCUT2D eigenvalue weighted by atomic mass is 32.1. The Hall–Kier alpha value is -3.35. The smallest absolute Gasteiger partial charge is 0.406 e. The van der Waals surface area contributed by atoms with Gasteiger partial charge in [-0.25, -0.2) is 4.98 Å². The summed E-state index contributed by atoms with van der Waals surface area (Å²) < 4.78 is 45.6. The number of thiazole rings is 1. The molecule has 0 bridgehead atoms. The van der Waals surface area contributed by atoms with E-state index in [2.05, 4.69) is 20.6 Å². The molecular weight excluding hydrogens is 381 g/mol. The van der Waals surface area contributed by atoms with E-state index in [9.17, 15) is 28.1 Å². The lowest BCUT2D eigenvalue weighted by Crippen LogP contribution is -2.28. The van der Waals surface area contributed by atoms with E-state index in [0.717, 1.165) is 35.6 Å². The van der Waals surface area contributed by atoms with Crippen LogP contribution in [-0.2, 0) is 0 Å². The third-order valence-corrected chi connectivity index (χ3v) is 3.81. The van der Waals surface area contributed by atoms with E-state index in [1.165, 1.54) is 6.07 Å². The summed E-state index contributed by atoms with van der Waals surface area (Å²) in [6.07, 6.45) is -4.81. The number of aromatic nitrogens is 1. The largest absolute Gasteiger partial charge is 0.573 e. The van der Waals surface area contributed by atoms with E-state index in [0.29, 0.717) is 10.2 Å². The van der Waals surface area contributed by atoms with E-state index < -0.39 is 28.8 Å². The van der Waals surface area contributed by atoms with E-state index in [-0.39, 0.29) is 10.9 Å². The minimum atomic E-state index is -4.81. The Labute approximate surface area is 145 Å². The van der Waals surface area contributed by atoms with Crippen LogP contribution in [0, 0.1) is 10.1 Å². The van der Waals surface area contributed by atoms with Gasteiger partial charge < -0.3 is 9.15 Å². The van der Waals surface area contributed by atoms with Crippen molar-refractivity contribution in [1.29, 1.82) is 0 Å². The van der Waals surface area contributed by atoms with Gasteiger partial charge in [0.25, 0.3) is 0 Å². The van der Waals surface area contributed by atoms with Crippen molar-refractivity contribution in [3.05, 3.63) is 46.2 Å². The Bertz CT molecular complexity index is 984. The van der Waals surface area contributed by atoms with Gasteiger partial charge in [0, 0.05) is 6.07 Å². The standard InChI is InChI=1S/C13H7F3N4O5S/c14-13(15,16)25-6-1-2-7-9(5-6)26-12(17-7)19-18-11(21)8-3-4-10(24-8)20(22)23/h1-5H,(H,17,19)(H,18,21). The van der Waals surface area contributed by atoms with Crippen molar-refractivity contribution in [3.8, 4) is 5.75 Å². The maximum atomic E-state index is 12.2.